The minimum Gasteiger partial charge on any atom is -0.336 e. The van der Waals surface area contributed by atoms with Crippen molar-refractivity contribution < 1.29 is 4.39 Å². The van der Waals surface area contributed by atoms with Gasteiger partial charge >= 0.3 is 0 Å². The standard InChI is InChI=1S/C10H15FN4/c1-7-2-3-15(9(7)4-12)10-13-5-8(11)6-14-10/h5-7,9H,2-4,12H2,1H3. The summed E-state index contributed by atoms with van der Waals surface area (Å²) in [5.74, 6) is 0.718. The molecule has 0 saturated carbocycles. The van der Waals surface area contributed by atoms with E-state index in [1.165, 1.54) is 12.4 Å². The number of hydrogen-bond donors (Lipinski definition) is 1. The van der Waals surface area contributed by atoms with Crippen LogP contribution in [0.15, 0.2) is 12.4 Å². The molecule has 1 fully saturated rings. The first kappa shape index (κ1) is 10.3. The van der Waals surface area contributed by atoms with Crippen molar-refractivity contribution in [1.82, 2.24) is 9.97 Å². The second-order valence-corrected chi connectivity index (χ2v) is 3.96. The van der Waals surface area contributed by atoms with Crippen LogP contribution >= 0.6 is 0 Å². The van der Waals surface area contributed by atoms with Crippen LogP contribution in [0.25, 0.3) is 0 Å². The lowest BCUT2D eigenvalue weighted by molar-refractivity contribution is 0.514. The van der Waals surface area contributed by atoms with Crippen molar-refractivity contribution in [3.63, 3.8) is 0 Å². The van der Waals surface area contributed by atoms with Crippen molar-refractivity contribution in [1.29, 1.82) is 0 Å². The summed E-state index contributed by atoms with van der Waals surface area (Å²) in [4.78, 5) is 10.0. The van der Waals surface area contributed by atoms with E-state index >= 15 is 0 Å². The van der Waals surface area contributed by atoms with Gasteiger partial charge in [0.15, 0.2) is 5.82 Å². The SMILES string of the molecule is CC1CCN(c2ncc(F)cn2)C1CN. The molecule has 2 atom stereocenters. The maximum absolute atomic E-state index is 12.7. The fourth-order valence-corrected chi connectivity index (χ4v) is 2.07. The Balaban J connectivity index is 2.20. The third-order valence-corrected chi connectivity index (χ3v) is 2.99. The van der Waals surface area contributed by atoms with Gasteiger partial charge in [-0.05, 0) is 12.3 Å². The van der Waals surface area contributed by atoms with Gasteiger partial charge in [0, 0.05) is 19.1 Å². The summed E-state index contributed by atoms with van der Waals surface area (Å²) in [6.45, 7) is 3.65. The van der Waals surface area contributed by atoms with E-state index < -0.39 is 5.82 Å². The molecule has 15 heavy (non-hydrogen) atoms. The molecular formula is C10H15FN4. The molecule has 0 bridgehead atoms. The second-order valence-electron chi connectivity index (χ2n) is 3.96. The highest BCUT2D eigenvalue weighted by atomic mass is 19.1. The highest BCUT2D eigenvalue weighted by molar-refractivity contribution is 5.33. The molecule has 2 rings (SSSR count). The van der Waals surface area contributed by atoms with Gasteiger partial charge in [-0.1, -0.05) is 6.92 Å². The lowest BCUT2D eigenvalue weighted by atomic mass is 10.0. The summed E-state index contributed by atoms with van der Waals surface area (Å²) in [6.07, 6.45) is 3.47. The van der Waals surface area contributed by atoms with Crippen LogP contribution in [-0.4, -0.2) is 29.1 Å². The molecule has 2 heterocycles. The van der Waals surface area contributed by atoms with Crippen LogP contribution in [-0.2, 0) is 0 Å². The molecule has 1 aromatic heterocycles. The largest absolute Gasteiger partial charge is 0.336 e. The van der Waals surface area contributed by atoms with E-state index in [2.05, 4.69) is 21.8 Å². The van der Waals surface area contributed by atoms with E-state index in [1.807, 2.05) is 0 Å². The molecule has 2 N–H and O–H groups in total. The average Bonchev–Trinajstić information content (AvgIpc) is 2.61. The molecule has 0 aliphatic carbocycles. The quantitative estimate of drug-likeness (QED) is 0.784. The number of nitrogens with two attached hydrogens (primary N) is 1. The van der Waals surface area contributed by atoms with Gasteiger partial charge in [0.2, 0.25) is 5.95 Å². The molecule has 0 radical (unpaired) electrons. The summed E-state index contributed by atoms with van der Waals surface area (Å²) >= 11 is 0. The van der Waals surface area contributed by atoms with Gasteiger partial charge < -0.3 is 10.6 Å². The minimum atomic E-state index is -0.407. The van der Waals surface area contributed by atoms with Crippen molar-refractivity contribution in [2.24, 2.45) is 11.7 Å². The number of halogens is 1. The topological polar surface area (TPSA) is 55.0 Å². The molecule has 4 nitrogen and oxygen atoms in total. The maximum atomic E-state index is 12.7. The summed E-state index contributed by atoms with van der Waals surface area (Å²) < 4.78 is 12.7. The Morgan fingerprint density at radius 2 is 2.20 bits per heavy atom. The van der Waals surface area contributed by atoms with Crippen molar-refractivity contribution in [3.05, 3.63) is 18.2 Å². The lowest BCUT2D eigenvalue weighted by Gasteiger charge is -2.25. The summed E-state index contributed by atoms with van der Waals surface area (Å²) in [7, 11) is 0. The Hall–Kier alpha value is -1.23. The fourth-order valence-electron chi connectivity index (χ4n) is 2.07. The Kier molecular flexibility index (Phi) is 2.81. The molecule has 2 unspecified atom stereocenters. The van der Waals surface area contributed by atoms with Gasteiger partial charge in [0.25, 0.3) is 0 Å². The van der Waals surface area contributed by atoms with Gasteiger partial charge in [0.05, 0.1) is 12.4 Å². The van der Waals surface area contributed by atoms with E-state index in [9.17, 15) is 4.39 Å². The number of aromatic nitrogens is 2. The minimum absolute atomic E-state index is 0.274. The van der Waals surface area contributed by atoms with Crippen LogP contribution in [0.4, 0.5) is 10.3 Å². The smallest absolute Gasteiger partial charge is 0.225 e. The summed E-state index contributed by atoms with van der Waals surface area (Å²) in [5.41, 5.74) is 5.71. The zero-order valence-electron chi connectivity index (χ0n) is 8.73. The van der Waals surface area contributed by atoms with Gasteiger partial charge in [-0.3, -0.25) is 0 Å². The molecule has 0 amide bonds. The predicted molar refractivity (Wildman–Crippen MR) is 56.0 cm³/mol. The second kappa shape index (κ2) is 4.10. The van der Waals surface area contributed by atoms with Gasteiger partial charge in [-0.15, -0.1) is 0 Å². The van der Waals surface area contributed by atoms with E-state index in [1.54, 1.807) is 0 Å². The molecule has 0 aromatic carbocycles. The van der Waals surface area contributed by atoms with E-state index in [0.29, 0.717) is 18.4 Å². The first-order chi connectivity index (χ1) is 7.22. The fraction of sp³-hybridized carbons (Fsp3) is 0.600. The van der Waals surface area contributed by atoms with Gasteiger partial charge in [-0.2, -0.15) is 0 Å². The number of anilines is 1. The van der Waals surface area contributed by atoms with Gasteiger partial charge in [-0.25, -0.2) is 14.4 Å². The van der Waals surface area contributed by atoms with Crippen molar-refractivity contribution in [3.8, 4) is 0 Å². The Morgan fingerprint density at radius 3 is 2.80 bits per heavy atom. The zero-order chi connectivity index (χ0) is 10.8. The normalized spacial score (nSPS) is 25.9. The van der Waals surface area contributed by atoms with Crippen LogP contribution in [0.5, 0.6) is 0 Å². The molecule has 82 valence electrons. The van der Waals surface area contributed by atoms with Crippen LogP contribution in [0.3, 0.4) is 0 Å². The maximum Gasteiger partial charge on any atom is 0.225 e. The molecule has 1 aromatic rings. The Morgan fingerprint density at radius 1 is 1.53 bits per heavy atom. The van der Waals surface area contributed by atoms with Crippen molar-refractivity contribution >= 4 is 5.95 Å². The lowest BCUT2D eigenvalue weighted by Crippen LogP contribution is -2.39. The Labute approximate surface area is 88.3 Å². The van der Waals surface area contributed by atoms with Crippen LogP contribution in [0, 0.1) is 11.7 Å². The number of hydrogen-bond acceptors (Lipinski definition) is 4. The summed E-state index contributed by atoms with van der Waals surface area (Å²) in [5, 5.41) is 0. The Bertz CT molecular complexity index is 327. The monoisotopic (exact) mass is 210 g/mol. The average molecular weight is 210 g/mol. The first-order valence-electron chi connectivity index (χ1n) is 5.16. The highest BCUT2D eigenvalue weighted by Gasteiger charge is 2.31. The molecule has 1 saturated heterocycles. The predicted octanol–water partition coefficient (Wildman–Crippen LogP) is 0.789. The molecule has 1 aliphatic rings. The third-order valence-electron chi connectivity index (χ3n) is 2.99. The molecule has 0 spiro atoms. The molecule has 1 aliphatic heterocycles. The first-order valence-corrected chi connectivity index (χ1v) is 5.16. The van der Waals surface area contributed by atoms with Crippen LogP contribution < -0.4 is 10.6 Å². The summed E-state index contributed by atoms with van der Waals surface area (Å²) in [6, 6.07) is 0.274. The third kappa shape index (κ3) is 1.92. The van der Waals surface area contributed by atoms with Crippen molar-refractivity contribution in [2.75, 3.05) is 18.0 Å². The number of nitrogens with zero attached hydrogens (tertiary/aromatic N) is 3. The number of rotatable bonds is 2. The van der Waals surface area contributed by atoms with E-state index in [0.717, 1.165) is 13.0 Å². The van der Waals surface area contributed by atoms with E-state index in [4.69, 9.17) is 5.73 Å². The van der Waals surface area contributed by atoms with Gasteiger partial charge in [0.1, 0.15) is 0 Å². The zero-order valence-corrected chi connectivity index (χ0v) is 8.73. The molecule has 5 heteroatoms. The van der Waals surface area contributed by atoms with Crippen molar-refractivity contribution in [2.45, 2.75) is 19.4 Å². The highest BCUT2D eigenvalue weighted by Crippen LogP contribution is 2.26. The van der Waals surface area contributed by atoms with Crippen LogP contribution in [0.2, 0.25) is 0 Å². The molecular weight excluding hydrogens is 195 g/mol. The van der Waals surface area contributed by atoms with Crippen LogP contribution in [0.1, 0.15) is 13.3 Å². The van der Waals surface area contributed by atoms with E-state index in [-0.39, 0.29) is 6.04 Å².